The van der Waals surface area contributed by atoms with Crippen LogP contribution in [0.3, 0.4) is 0 Å². The summed E-state index contributed by atoms with van der Waals surface area (Å²) in [7, 11) is -3.88. The van der Waals surface area contributed by atoms with Gasteiger partial charge in [-0.1, -0.05) is 19.1 Å². The second kappa shape index (κ2) is 5.34. The standard InChI is InChI=1S/C11H14FNO4S/c1-3-9(11(14)15)13(18(2,16)17)10-7-5-4-6-8(10)12/h4-7,9H,3H2,1-2H3,(H,14,15)/t9-/m1/s1. The summed E-state index contributed by atoms with van der Waals surface area (Å²) in [5.74, 6) is -2.09. The number of anilines is 1. The molecular weight excluding hydrogens is 261 g/mol. The van der Waals surface area contributed by atoms with Gasteiger partial charge in [-0.3, -0.25) is 4.31 Å². The molecule has 0 spiro atoms. The number of carboxylic acids is 1. The quantitative estimate of drug-likeness (QED) is 0.882. The first-order valence-corrected chi connectivity index (χ1v) is 7.10. The summed E-state index contributed by atoms with van der Waals surface area (Å²) in [4.78, 5) is 11.1. The molecule has 7 heteroatoms. The van der Waals surface area contributed by atoms with Gasteiger partial charge in [0.2, 0.25) is 10.0 Å². The van der Waals surface area contributed by atoms with Crippen LogP contribution < -0.4 is 4.31 Å². The van der Waals surface area contributed by atoms with E-state index in [0.717, 1.165) is 12.3 Å². The molecule has 0 aliphatic carbocycles. The zero-order valence-electron chi connectivity index (χ0n) is 10.00. The molecule has 0 aromatic heterocycles. The molecule has 0 aliphatic heterocycles. The fourth-order valence-corrected chi connectivity index (χ4v) is 2.86. The maximum absolute atomic E-state index is 13.6. The largest absolute Gasteiger partial charge is 0.480 e. The number of para-hydroxylation sites is 1. The summed E-state index contributed by atoms with van der Waals surface area (Å²) in [6.45, 7) is 1.53. The van der Waals surface area contributed by atoms with Crippen molar-refractivity contribution in [2.75, 3.05) is 10.6 Å². The second-order valence-corrected chi connectivity index (χ2v) is 5.63. The number of hydrogen-bond acceptors (Lipinski definition) is 3. The van der Waals surface area contributed by atoms with Gasteiger partial charge in [-0.25, -0.2) is 17.6 Å². The zero-order chi connectivity index (χ0) is 13.9. The fraction of sp³-hybridized carbons (Fsp3) is 0.364. The van der Waals surface area contributed by atoms with Gasteiger partial charge in [0.05, 0.1) is 11.9 Å². The van der Waals surface area contributed by atoms with Gasteiger partial charge in [0.1, 0.15) is 11.9 Å². The third kappa shape index (κ3) is 2.98. The van der Waals surface area contributed by atoms with Crippen LogP contribution in [0.2, 0.25) is 0 Å². The van der Waals surface area contributed by atoms with Crippen LogP contribution in [0.15, 0.2) is 24.3 Å². The normalized spacial score (nSPS) is 13.1. The molecule has 1 N–H and O–H groups in total. The Morgan fingerprint density at radius 2 is 2.00 bits per heavy atom. The Labute approximate surface area is 105 Å². The highest BCUT2D eigenvalue weighted by molar-refractivity contribution is 7.92. The van der Waals surface area contributed by atoms with Crippen molar-refractivity contribution < 1.29 is 22.7 Å². The van der Waals surface area contributed by atoms with Crippen LogP contribution in [-0.4, -0.2) is 31.8 Å². The van der Waals surface area contributed by atoms with E-state index >= 15 is 0 Å². The lowest BCUT2D eigenvalue weighted by atomic mass is 10.2. The predicted molar refractivity (Wildman–Crippen MR) is 65.4 cm³/mol. The Bertz CT molecular complexity index is 544. The van der Waals surface area contributed by atoms with E-state index in [-0.39, 0.29) is 12.1 Å². The molecule has 18 heavy (non-hydrogen) atoms. The van der Waals surface area contributed by atoms with Gasteiger partial charge < -0.3 is 5.11 Å². The number of carboxylic acid groups (broad SMARTS) is 1. The number of nitrogens with zero attached hydrogens (tertiary/aromatic N) is 1. The maximum Gasteiger partial charge on any atom is 0.327 e. The zero-order valence-corrected chi connectivity index (χ0v) is 10.8. The molecule has 1 aromatic rings. The predicted octanol–water partition coefficient (Wildman–Crippen LogP) is 1.45. The van der Waals surface area contributed by atoms with Crippen LogP contribution in [0.25, 0.3) is 0 Å². The van der Waals surface area contributed by atoms with Crippen LogP contribution >= 0.6 is 0 Å². The Balaban J connectivity index is 3.41. The smallest absolute Gasteiger partial charge is 0.327 e. The van der Waals surface area contributed by atoms with Crippen molar-refractivity contribution in [3.05, 3.63) is 30.1 Å². The minimum atomic E-state index is -3.88. The summed E-state index contributed by atoms with van der Waals surface area (Å²) >= 11 is 0. The number of aliphatic carboxylic acids is 1. The van der Waals surface area contributed by atoms with Crippen molar-refractivity contribution >= 4 is 21.7 Å². The molecule has 0 saturated heterocycles. The first-order valence-electron chi connectivity index (χ1n) is 5.25. The fourth-order valence-electron chi connectivity index (χ4n) is 1.65. The first kappa shape index (κ1) is 14.4. The average Bonchev–Trinajstić information content (AvgIpc) is 2.25. The molecule has 0 saturated carbocycles. The van der Waals surface area contributed by atoms with E-state index in [9.17, 15) is 17.6 Å². The molecule has 1 aromatic carbocycles. The van der Waals surface area contributed by atoms with Crippen molar-refractivity contribution in [2.24, 2.45) is 0 Å². The number of halogens is 1. The number of benzene rings is 1. The van der Waals surface area contributed by atoms with Crippen molar-refractivity contribution in [3.8, 4) is 0 Å². The Morgan fingerprint density at radius 1 is 1.44 bits per heavy atom. The van der Waals surface area contributed by atoms with Gasteiger partial charge in [0.15, 0.2) is 0 Å². The summed E-state index contributed by atoms with van der Waals surface area (Å²) < 4.78 is 37.6. The molecule has 0 radical (unpaired) electrons. The molecule has 100 valence electrons. The van der Waals surface area contributed by atoms with Gasteiger partial charge in [0.25, 0.3) is 0 Å². The molecular formula is C11H14FNO4S. The van der Waals surface area contributed by atoms with Gasteiger partial charge in [-0.2, -0.15) is 0 Å². The van der Waals surface area contributed by atoms with Crippen LogP contribution in [0.1, 0.15) is 13.3 Å². The summed E-state index contributed by atoms with van der Waals surface area (Å²) in [6, 6.07) is 3.85. The summed E-state index contributed by atoms with van der Waals surface area (Å²) in [6.07, 6.45) is 0.891. The number of rotatable bonds is 5. The van der Waals surface area contributed by atoms with Crippen LogP contribution in [-0.2, 0) is 14.8 Å². The minimum absolute atomic E-state index is 0.0384. The van der Waals surface area contributed by atoms with E-state index in [1.54, 1.807) is 0 Å². The number of hydrogen-bond donors (Lipinski definition) is 1. The molecule has 0 bridgehead atoms. The Kier molecular flexibility index (Phi) is 4.28. The summed E-state index contributed by atoms with van der Waals surface area (Å²) in [5, 5.41) is 9.03. The van der Waals surface area contributed by atoms with E-state index in [0.29, 0.717) is 4.31 Å². The first-order chi connectivity index (χ1) is 8.29. The van der Waals surface area contributed by atoms with Crippen LogP contribution in [0, 0.1) is 5.82 Å². The second-order valence-electron chi connectivity index (χ2n) is 3.77. The third-order valence-electron chi connectivity index (χ3n) is 2.40. The average molecular weight is 275 g/mol. The lowest BCUT2D eigenvalue weighted by Gasteiger charge is -2.28. The minimum Gasteiger partial charge on any atom is -0.480 e. The molecule has 5 nitrogen and oxygen atoms in total. The molecule has 1 rings (SSSR count). The van der Waals surface area contributed by atoms with E-state index in [2.05, 4.69) is 0 Å². The highest BCUT2D eigenvalue weighted by Crippen LogP contribution is 2.25. The van der Waals surface area contributed by atoms with Crippen molar-refractivity contribution in [3.63, 3.8) is 0 Å². The third-order valence-corrected chi connectivity index (χ3v) is 3.57. The lowest BCUT2D eigenvalue weighted by molar-refractivity contribution is -0.138. The Hall–Kier alpha value is -1.63. The number of carbonyl (C=O) groups is 1. The topological polar surface area (TPSA) is 74.7 Å². The van der Waals surface area contributed by atoms with Crippen molar-refractivity contribution in [1.82, 2.24) is 0 Å². The lowest BCUT2D eigenvalue weighted by Crippen LogP contribution is -2.44. The SMILES string of the molecule is CC[C@H](C(=O)O)N(c1ccccc1F)S(C)(=O)=O. The van der Waals surface area contributed by atoms with E-state index in [1.807, 2.05) is 0 Å². The highest BCUT2D eigenvalue weighted by atomic mass is 32.2. The molecule has 0 unspecified atom stereocenters. The van der Waals surface area contributed by atoms with Crippen molar-refractivity contribution in [1.29, 1.82) is 0 Å². The van der Waals surface area contributed by atoms with E-state index in [4.69, 9.17) is 5.11 Å². The van der Waals surface area contributed by atoms with Gasteiger partial charge in [-0.05, 0) is 18.6 Å². The monoisotopic (exact) mass is 275 g/mol. The molecule has 0 amide bonds. The molecule has 0 heterocycles. The van der Waals surface area contributed by atoms with Gasteiger partial charge in [0, 0.05) is 0 Å². The molecule has 0 fully saturated rings. The number of sulfonamides is 1. The highest BCUT2D eigenvalue weighted by Gasteiger charge is 2.32. The van der Waals surface area contributed by atoms with Crippen LogP contribution in [0.4, 0.5) is 10.1 Å². The maximum atomic E-state index is 13.6. The summed E-state index contributed by atoms with van der Waals surface area (Å²) in [5.41, 5.74) is -0.255. The van der Waals surface area contributed by atoms with E-state index in [1.165, 1.54) is 25.1 Å². The Morgan fingerprint density at radius 3 is 2.39 bits per heavy atom. The molecule has 0 aliphatic rings. The van der Waals surface area contributed by atoms with Gasteiger partial charge in [-0.15, -0.1) is 0 Å². The molecule has 1 atom stereocenters. The van der Waals surface area contributed by atoms with E-state index < -0.39 is 27.9 Å². The van der Waals surface area contributed by atoms with Crippen LogP contribution in [0.5, 0.6) is 0 Å². The van der Waals surface area contributed by atoms with Gasteiger partial charge >= 0.3 is 5.97 Å². The van der Waals surface area contributed by atoms with Crippen molar-refractivity contribution in [2.45, 2.75) is 19.4 Å².